The molecular weight excluding hydrogens is 1930 g/mol. The number of ether oxygens (including phenoxy) is 4. The van der Waals surface area contributed by atoms with Gasteiger partial charge in [0.1, 0.15) is 59.1 Å². The predicted molar refractivity (Wildman–Crippen MR) is 522 cm³/mol. The van der Waals surface area contributed by atoms with Crippen molar-refractivity contribution in [3.8, 4) is 79.3 Å². The van der Waals surface area contributed by atoms with Gasteiger partial charge >= 0.3 is 6.29 Å². The van der Waals surface area contributed by atoms with E-state index in [1.54, 1.807) is 130 Å². The maximum atomic E-state index is 14.2. The molecule has 2 aliphatic heterocycles. The van der Waals surface area contributed by atoms with Gasteiger partial charge in [0.15, 0.2) is 58.2 Å². The molecule has 148 heavy (non-hydrogen) atoms. The molecule has 1 aliphatic carbocycles. The minimum absolute atomic E-state index is 0.00286. The summed E-state index contributed by atoms with van der Waals surface area (Å²) in [7, 11) is 0. The molecule has 9 amide bonds. The van der Waals surface area contributed by atoms with Gasteiger partial charge in [0.25, 0.3) is 53.2 Å². The van der Waals surface area contributed by atoms with E-state index in [1.807, 2.05) is 104 Å². The highest BCUT2D eigenvalue weighted by molar-refractivity contribution is 6.40. The van der Waals surface area contributed by atoms with Crippen LogP contribution in [0.1, 0.15) is 144 Å². The molecule has 0 spiro atoms. The van der Waals surface area contributed by atoms with Crippen molar-refractivity contribution in [2.45, 2.75) is 142 Å². The number of halogens is 4. The van der Waals surface area contributed by atoms with Gasteiger partial charge < -0.3 is 90.1 Å². The summed E-state index contributed by atoms with van der Waals surface area (Å²) in [6.45, 7) is 8.74. The van der Waals surface area contributed by atoms with Crippen LogP contribution in [0.2, 0.25) is 0 Å². The van der Waals surface area contributed by atoms with Gasteiger partial charge in [-0.2, -0.15) is 0 Å². The number of oxazole rings is 5. The number of ketones is 5. The Balaban J connectivity index is 0.000000155. The van der Waals surface area contributed by atoms with Crippen molar-refractivity contribution in [1.29, 1.82) is 0 Å². The van der Waals surface area contributed by atoms with Crippen LogP contribution in [-0.4, -0.2) is 163 Å². The molecule has 12 N–H and O–H groups in total. The van der Waals surface area contributed by atoms with E-state index in [9.17, 15) is 84.7 Å². The number of unbranched alkanes of at least 4 members (excludes halogenated alkanes) is 1. The number of aromatic nitrogens is 5. The van der Waals surface area contributed by atoms with Gasteiger partial charge in [-0.15, -0.1) is 8.78 Å². The van der Waals surface area contributed by atoms with Crippen molar-refractivity contribution in [2.75, 3.05) is 13.5 Å². The van der Waals surface area contributed by atoms with Gasteiger partial charge in [0, 0.05) is 76.6 Å². The molecule has 1 fully saturated rings. The second-order valence-corrected chi connectivity index (χ2v) is 33.5. The molecule has 5 atom stereocenters. The van der Waals surface area contributed by atoms with Gasteiger partial charge in [-0.1, -0.05) is 226 Å². The summed E-state index contributed by atoms with van der Waals surface area (Å²) in [6.07, 6.45) is 0.191. The van der Waals surface area contributed by atoms with Crippen LogP contribution in [0.15, 0.2) is 265 Å². The van der Waals surface area contributed by atoms with E-state index < -0.39 is 131 Å². The highest BCUT2D eigenvalue weighted by Gasteiger charge is 2.46. The Bertz CT molecular complexity index is 7200. The number of carbonyl (C=O) groups excluding carboxylic acids is 14. The summed E-state index contributed by atoms with van der Waals surface area (Å²) in [6, 6.07) is 63.5. The van der Waals surface area contributed by atoms with Gasteiger partial charge in [-0.3, -0.25) is 67.1 Å². The molecule has 37 nitrogen and oxygen atoms in total. The van der Waals surface area contributed by atoms with Crippen LogP contribution in [0.3, 0.4) is 0 Å². The summed E-state index contributed by atoms with van der Waals surface area (Å²) in [5.41, 5.74) is 21.4. The van der Waals surface area contributed by atoms with Crippen LogP contribution in [0.5, 0.6) is 23.0 Å². The first-order valence-corrected chi connectivity index (χ1v) is 46.2. The average Bonchev–Trinajstić information content (AvgIpc) is 1.60. The first-order valence-electron chi connectivity index (χ1n) is 46.2. The van der Waals surface area contributed by atoms with E-state index in [0.29, 0.717) is 58.6 Å². The third-order valence-corrected chi connectivity index (χ3v) is 22.4. The van der Waals surface area contributed by atoms with Crippen molar-refractivity contribution in [1.82, 2.24) is 56.8 Å². The number of fused-ring (bicyclic) bond motifs is 2. The first kappa shape index (κ1) is 107. The molecule has 0 bridgehead atoms. The monoisotopic (exact) mass is 2020 g/mol. The molecule has 762 valence electrons. The number of primary amides is 3. The number of Topliss-reactive ketones (excluding diaryl/α,β-unsaturated/α-hetero) is 5. The number of nitrogens with zero attached hydrogens (tertiary/aromatic N) is 5. The fourth-order valence-corrected chi connectivity index (χ4v) is 15.3. The van der Waals surface area contributed by atoms with E-state index in [0.717, 1.165) is 47.1 Å². The SMILES string of the molecule is CCCCC(NC(=O)c1oc(C)nc1-c1ccccc1)C(=O)C(=O)NC1CC1.Cc1nc(-c2cccc3c2OC(F)(F)O3)c(C(=O)NC(Cc2ccccc2)C(=O)C(N)=O)o1.Cc1nc(-c2cccc3c2OCO3)c(C(=O)NC(Cc2ccccc2)C(=O)C(N)=O)o1.Cc1nc(-c2ccccc2)c(C(=O)NC(Cc2ccccc2)C(=O)CF)o1.Cc1nc(-c2ccccc2F)c(C(=O)NC(Cc2ccccc2)C(=O)C(N)=O)o1. The van der Waals surface area contributed by atoms with E-state index >= 15 is 0 Å². The Morgan fingerprint density at radius 1 is 0.365 bits per heavy atom. The lowest BCUT2D eigenvalue weighted by molar-refractivity contribution is -0.286. The number of rotatable bonds is 37. The van der Waals surface area contributed by atoms with E-state index in [2.05, 4.69) is 66.3 Å². The molecule has 7 heterocycles. The topological polar surface area (TPSA) is 556 Å². The number of amides is 9. The Morgan fingerprint density at radius 2 is 0.682 bits per heavy atom. The number of carbonyl (C=O) groups is 14. The molecule has 41 heteroatoms. The quantitative estimate of drug-likeness (QED) is 0.0129. The van der Waals surface area contributed by atoms with E-state index in [-0.39, 0.29) is 125 Å². The highest BCUT2D eigenvalue weighted by Crippen LogP contribution is 2.48. The zero-order valence-electron chi connectivity index (χ0n) is 80.2. The van der Waals surface area contributed by atoms with Crippen molar-refractivity contribution >= 4 is 82.1 Å². The zero-order chi connectivity index (χ0) is 106. The first-order chi connectivity index (χ1) is 71.0. The second-order valence-electron chi connectivity index (χ2n) is 33.5. The fraction of sp³-hybridized carbons (Fsp3) is 0.224. The third-order valence-electron chi connectivity index (χ3n) is 22.4. The van der Waals surface area contributed by atoms with Gasteiger partial charge in [-0.25, -0.2) is 33.7 Å². The van der Waals surface area contributed by atoms with Crippen LogP contribution in [-0.2, 0) is 68.8 Å². The molecule has 17 rings (SSSR count). The molecule has 9 aromatic carbocycles. The molecule has 0 saturated heterocycles. The van der Waals surface area contributed by atoms with Crippen LogP contribution in [0, 0.1) is 40.4 Å². The van der Waals surface area contributed by atoms with Crippen LogP contribution in [0.4, 0.5) is 17.6 Å². The Kier molecular flexibility index (Phi) is 35.7. The minimum Gasteiger partial charge on any atom is -0.454 e. The van der Waals surface area contributed by atoms with Crippen molar-refractivity contribution in [3.05, 3.63) is 329 Å². The van der Waals surface area contributed by atoms with E-state index in [4.69, 9.17) is 48.8 Å². The lowest BCUT2D eigenvalue weighted by Crippen LogP contribution is -2.48. The lowest BCUT2D eigenvalue weighted by Gasteiger charge is -2.16. The van der Waals surface area contributed by atoms with E-state index in [1.165, 1.54) is 50.2 Å². The molecule has 14 aromatic rings. The average molecular weight is 2020 g/mol. The fourth-order valence-electron chi connectivity index (χ4n) is 15.3. The Morgan fingerprint density at radius 3 is 1.05 bits per heavy atom. The normalized spacial score (nSPS) is 13.1. The molecule has 0 radical (unpaired) electrons. The number of para-hydroxylation sites is 2. The smallest absolute Gasteiger partial charge is 0.454 e. The summed E-state index contributed by atoms with van der Waals surface area (Å²) in [5.74, 6) is -11.6. The number of alkyl halides is 3. The minimum atomic E-state index is -3.88. The lowest BCUT2D eigenvalue weighted by atomic mass is 10.0. The maximum Gasteiger partial charge on any atom is 0.586 e. The van der Waals surface area contributed by atoms with Crippen LogP contribution >= 0.6 is 0 Å². The van der Waals surface area contributed by atoms with Crippen molar-refractivity contribution in [2.24, 2.45) is 17.2 Å². The molecule has 5 unspecified atom stereocenters. The molecule has 5 aromatic heterocycles. The second kappa shape index (κ2) is 49.5. The van der Waals surface area contributed by atoms with Gasteiger partial charge in [0.2, 0.25) is 58.7 Å². The standard InChI is InChI=1S/C22H17F2N3O6.C22H19N3O6.C21H18FN3O4.C21H19FN2O3.C21H25N3O4/c1-11-26-16(13-8-5-9-15-18(13)33-22(23,24)32-15)19(31-11)21(30)27-14(17(28)20(25)29)10-12-6-3-2-4-7-12;1-12-24-17(14-8-5-9-16-19(14)30-11-29-16)20(31-12)22(28)25-15(18(26)21(23)27)10-13-6-3-2-4-7-13;1-12-24-17(14-9-5-6-10-15(14)22)19(29-12)21(28)25-16(18(26)20(23)27)11-13-7-3-2-4-8-13;1-14-23-19(16-10-6-3-7-11-16)20(27-14)21(26)24-17(18(25)13-22)12-15-8-4-2-5-9-15;1-3-4-10-16(18(25)20(26)23-15-11-12-15)24-21(27)19-17(22-13(2)28-19)14-8-6-5-7-9-14/h2-9,14H,10H2,1H3,(H2,25,29)(H,27,30);2-9,15H,10-11H2,1H3,(H2,23,27)(H,25,28);2-10,16H,11H2,1H3,(H2,23,27)(H,25,28);2-11,17H,12-13H2,1H3,(H,24,26);5-9,15-16H,3-4,10-12H2,1-2H3,(H,23,26)(H,24,27). The molecule has 3 aliphatic rings. The number of nitrogens with one attached hydrogen (secondary N) is 6. The summed E-state index contributed by atoms with van der Waals surface area (Å²) in [5, 5.41) is 15.4. The predicted octanol–water partition coefficient (Wildman–Crippen LogP) is 12.6. The number of benzene rings is 9. The van der Waals surface area contributed by atoms with Crippen LogP contribution in [0.25, 0.3) is 56.3 Å². The molecular formula is C107H98F4N14O23. The van der Waals surface area contributed by atoms with Crippen molar-refractivity contribution in [3.63, 3.8) is 0 Å². The number of hydrogen-bond acceptors (Lipinski definition) is 28. The number of hydrogen-bond donors (Lipinski definition) is 9. The third kappa shape index (κ3) is 28.1. The van der Waals surface area contributed by atoms with Gasteiger partial charge in [0.05, 0.1) is 23.2 Å². The summed E-state index contributed by atoms with van der Waals surface area (Å²) >= 11 is 0. The summed E-state index contributed by atoms with van der Waals surface area (Å²) in [4.78, 5) is 194. The largest absolute Gasteiger partial charge is 0.586 e. The van der Waals surface area contributed by atoms with Gasteiger partial charge in [-0.05, 0) is 84.3 Å². The zero-order valence-corrected chi connectivity index (χ0v) is 80.2. The van der Waals surface area contributed by atoms with Crippen LogP contribution < -0.4 is 68.0 Å². The molecule has 1 saturated carbocycles. The maximum absolute atomic E-state index is 14.2. The Labute approximate surface area is 841 Å². The summed E-state index contributed by atoms with van der Waals surface area (Å²) < 4.78 is 102. The number of nitrogens with two attached hydrogens (primary N) is 3. The van der Waals surface area contributed by atoms with Crippen molar-refractivity contribution < 1.29 is 126 Å². The Hall–Kier alpha value is -18.5. The highest BCUT2D eigenvalue weighted by atomic mass is 19.3. The number of aryl methyl sites for hydroxylation is 5.